The second kappa shape index (κ2) is 8.93. The molecule has 0 fully saturated rings. The Morgan fingerprint density at radius 3 is 1.31 bits per heavy atom. The van der Waals surface area contributed by atoms with Gasteiger partial charge in [0, 0.05) is 37.3 Å². The van der Waals surface area contributed by atoms with Gasteiger partial charge in [-0.1, -0.05) is 0 Å². The van der Waals surface area contributed by atoms with E-state index in [1.165, 1.54) is 0 Å². The van der Waals surface area contributed by atoms with Crippen molar-refractivity contribution in [1.29, 1.82) is 0 Å². The van der Waals surface area contributed by atoms with Crippen molar-refractivity contribution in [3.05, 3.63) is 0 Å². The second-order valence-corrected chi connectivity index (χ2v) is 5.14. The molecule has 0 rings (SSSR count). The Morgan fingerprint density at radius 1 is 0.750 bits per heavy atom. The molecule has 0 saturated heterocycles. The summed E-state index contributed by atoms with van der Waals surface area (Å²) in [4.78, 5) is 0. The van der Waals surface area contributed by atoms with Gasteiger partial charge >= 0.3 is 0 Å². The van der Waals surface area contributed by atoms with Gasteiger partial charge in [0.05, 0.1) is 0 Å². The van der Waals surface area contributed by atoms with Crippen LogP contribution in [-0.2, 0) is 0 Å². The van der Waals surface area contributed by atoms with Crippen LogP contribution >= 0.6 is 0 Å². The van der Waals surface area contributed by atoms with E-state index in [0.717, 1.165) is 25.9 Å². The van der Waals surface area contributed by atoms with Gasteiger partial charge in [-0.2, -0.15) is 0 Å². The van der Waals surface area contributed by atoms with Crippen LogP contribution in [0.15, 0.2) is 0 Å². The van der Waals surface area contributed by atoms with Gasteiger partial charge in [-0.3, -0.25) is 0 Å². The molecule has 6 N–H and O–H groups in total. The third-order valence-electron chi connectivity index (χ3n) is 2.56. The second-order valence-electron chi connectivity index (χ2n) is 5.14. The minimum absolute atomic E-state index is 0.271. The molecule has 0 aliphatic heterocycles. The first-order valence-corrected chi connectivity index (χ1v) is 6.39. The van der Waals surface area contributed by atoms with Crippen LogP contribution in [-0.4, -0.2) is 37.3 Å². The summed E-state index contributed by atoms with van der Waals surface area (Å²) in [6.45, 7) is 10.4. The number of rotatable bonds is 9. The molecule has 4 nitrogen and oxygen atoms in total. The number of hydrogen-bond donors (Lipinski definition) is 4. The van der Waals surface area contributed by atoms with Gasteiger partial charge in [0.1, 0.15) is 0 Å². The first kappa shape index (κ1) is 15.8. The van der Waals surface area contributed by atoms with Crippen LogP contribution in [0.3, 0.4) is 0 Å². The van der Waals surface area contributed by atoms with Crippen molar-refractivity contribution in [3.8, 4) is 0 Å². The molecule has 16 heavy (non-hydrogen) atoms. The molecule has 0 aromatic heterocycles. The molecule has 0 amide bonds. The quantitative estimate of drug-likeness (QED) is 0.433. The molecule has 0 bridgehead atoms. The molecular weight excluding hydrogens is 200 g/mol. The van der Waals surface area contributed by atoms with E-state index in [2.05, 4.69) is 24.5 Å². The molecule has 4 heteroatoms. The average molecular weight is 230 g/mol. The normalized spacial score (nSPS) is 19.1. The van der Waals surface area contributed by atoms with Gasteiger partial charge in [0.15, 0.2) is 0 Å². The zero-order valence-corrected chi connectivity index (χ0v) is 11.3. The summed E-state index contributed by atoms with van der Waals surface area (Å²) in [5.74, 6) is 0. The van der Waals surface area contributed by atoms with Gasteiger partial charge in [0.25, 0.3) is 0 Å². The third-order valence-corrected chi connectivity index (χ3v) is 2.56. The summed E-state index contributed by atoms with van der Waals surface area (Å²) in [7, 11) is 0. The first-order valence-electron chi connectivity index (χ1n) is 6.39. The Morgan fingerprint density at radius 2 is 1.06 bits per heavy atom. The van der Waals surface area contributed by atoms with Crippen LogP contribution in [0.4, 0.5) is 0 Å². The molecule has 98 valence electrons. The van der Waals surface area contributed by atoms with Crippen LogP contribution in [0.1, 0.15) is 40.5 Å². The van der Waals surface area contributed by atoms with Crippen LogP contribution in [0, 0.1) is 0 Å². The van der Waals surface area contributed by atoms with E-state index in [1.54, 1.807) is 0 Å². The van der Waals surface area contributed by atoms with E-state index in [4.69, 9.17) is 11.5 Å². The van der Waals surface area contributed by atoms with Crippen molar-refractivity contribution in [2.75, 3.05) is 13.1 Å². The highest BCUT2D eigenvalue weighted by atomic mass is 15.0. The van der Waals surface area contributed by atoms with E-state index in [-0.39, 0.29) is 12.1 Å². The summed E-state index contributed by atoms with van der Waals surface area (Å²) in [6, 6.07) is 1.52. The lowest BCUT2D eigenvalue weighted by atomic mass is 10.1. The zero-order valence-electron chi connectivity index (χ0n) is 11.3. The average Bonchev–Trinajstić information content (AvgIpc) is 2.10. The minimum atomic E-state index is 0.271. The van der Waals surface area contributed by atoms with Crippen LogP contribution < -0.4 is 22.1 Å². The maximum absolute atomic E-state index is 5.73. The molecule has 0 aliphatic carbocycles. The maximum Gasteiger partial charge on any atom is 0.00793 e. The van der Waals surface area contributed by atoms with Crippen LogP contribution in [0.5, 0.6) is 0 Å². The maximum atomic E-state index is 5.73. The SMILES string of the molecule is CC(N)CC(C)NCCNC(C)CC(C)N. The van der Waals surface area contributed by atoms with E-state index >= 15 is 0 Å². The summed E-state index contributed by atoms with van der Waals surface area (Å²) >= 11 is 0. The lowest BCUT2D eigenvalue weighted by Crippen LogP contribution is -2.40. The Kier molecular flexibility index (Phi) is 8.84. The summed E-state index contributed by atoms with van der Waals surface area (Å²) in [5, 5.41) is 6.90. The molecule has 0 spiro atoms. The summed E-state index contributed by atoms with van der Waals surface area (Å²) in [5.41, 5.74) is 11.5. The van der Waals surface area contributed by atoms with E-state index in [0.29, 0.717) is 12.1 Å². The Balaban J connectivity index is 3.38. The van der Waals surface area contributed by atoms with Gasteiger partial charge in [-0.05, 0) is 40.5 Å². The molecule has 0 aliphatic rings. The van der Waals surface area contributed by atoms with Crippen molar-refractivity contribution >= 4 is 0 Å². The first-order chi connectivity index (χ1) is 7.41. The molecule has 0 radical (unpaired) electrons. The van der Waals surface area contributed by atoms with Crippen molar-refractivity contribution < 1.29 is 0 Å². The van der Waals surface area contributed by atoms with Crippen molar-refractivity contribution in [1.82, 2.24) is 10.6 Å². The predicted octanol–water partition coefficient (Wildman–Crippen LogP) is 0.417. The highest BCUT2D eigenvalue weighted by Crippen LogP contribution is 1.95. The molecule has 0 aromatic carbocycles. The highest BCUT2D eigenvalue weighted by molar-refractivity contribution is 4.69. The third kappa shape index (κ3) is 10.4. The monoisotopic (exact) mass is 230 g/mol. The Labute approximate surface area is 101 Å². The largest absolute Gasteiger partial charge is 0.328 e. The van der Waals surface area contributed by atoms with Gasteiger partial charge in [-0.25, -0.2) is 0 Å². The fourth-order valence-corrected chi connectivity index (χ4v) is 1.92. The van der Waals surface area contributed by atoms with E-state index in [9.17, 15) is 0 Å². The molecule has 0 saturated carbocycles. The Hall–Kier alpha value is -0.160. The highest BCUT2D eigenvalue weighted by Gasteiger charge is 2.05. The topological polar surface area (TPSA) is 76.1 Å². The molecule has 0 aromatic rings. The number of hydrogen-bond acceptors (Lipinski definition) is 4. The van der Waals surface area contributed by atoms with Gasteiger partial charge in [0.2, 0.25) is 0 Å². The van der Waals surface area contributed by atoms with Crippen LogP contribution in [0.25, 0.3) is 0 Å². The molecule has 4 atom stereocenters. The lowest BCUT2D eigenvalue weighted by molar-refractivity contribution is 0.438. The summed E-state index contributed by atoms with van der Waals surface area (Å²) in [6.07, 6.45) is 2.05. The Bertz CT molecular complexity index is 141. The molecule has 4 unspecified atom stereocenters. The zero-order chi connectivity index (χ0) is 12.6. The summed E-state index contributed by atoms with van der Waals surface area (Å²) < 4.78 is 0. The molecule has 0 heterocycles. The fourth-order valence-electron chi connectivity index (χ4n) is 1.92. The standard InChI is InChI=1S/C12H30N4/c1-9(13)7-11(3)15-5-6-16-12(4)8-10(2)14/h9-12,15-16H,5-8,13-14H2,1-4H3. The smallest absolute Gasteiger partial charge is 0.00793 e. The van der Waals surface area contributed by atoms with E-state index in [1.807, 2.05) is 13.8 Å². The lowest BCUT2D eigenvalue weighted by Gasteiger charge is -2.19. The fraction of sp³-hybridized carbons (Fsp3) is 1.00. The minimum Gasteiger partial charge on any atom is -0.328 e. The number of nitrogens with two attached hydrogens (primary N) is 2. The van der Waals surface area contributed by atoms with Gasteiger partial charge in [-0.15, -0.1) is 0 Å². The van der Waals surface area contributed by atoms with Gasteiger partial charge < -0.3 is 22.1 Å². The van der Waals surface area contributed by atoms with Crippen molar-refractivity contribution in [3.63, 3.8) is 0 Å². The van der Waals surface area contributed by atoms with Crippen LogP contribution in [0.2, 0.25) is 0 Å². The van der Waals surface area contributed by atoms with Crippen molar-refractivity contribution in [2.24, 2.45) is 11.5 Å². The van der Waals surface area contributed by atoms with E-state index < -0.39 is 0 Å². The number of nitrogens with one attached hydrogen (secondary N) is 2. The molecular formula is C12H30N4. The predicted molar refractivity (Wildman–Crippen MR) is 71.5 cm³/mol. The van der Waals surface area contributed by atoms with Crippen molar-refractivity contribution in [2.45, 2.75) is 64.7 Å².